The first-order valence-electron chi connectivity index (χ1n) is 10.1. The van der Waals surface area contributed by atoms with Crippen molar-refractivity contribution in [3.63, 3.8) is 0 Å². The molecule has 1 N–H and O–H groups in total. The number of aromatic nitrogens is 5. The number of carbonyl (C=O) groups excluding carboxylic acids is 1. The molecule has 0 saturated carbocycles. The molecule has 8 nitrogen and oxygen atoms in total. The number of alkyl halides is 3. The van der Waals surface area contributed by atoms with Crippen LogP contribution in [0.2, 0.25) is 0 Å². The fourth-order valence-electron chi connectivity index (χ4n) is 3.95. The highest BCUT2D eigenvalue weighted by molar-refractivity contribution is 5.93. The third-order valence-electron chi connectivity index (χ3n) is 5.50. The monoisotopic (exact) mass is 462 g/mol. The molecular formula is C21H18F4N6O2. The Hall–Kier alpha value is -3.70. The molecule has 1 amide bonds. The summed E-state index contributed by atoms with van der Waals surface area (Å²) in [6.45, 7) is 2.28. The molecule has 0 aromatic carbocycles. The van der Waals surface area contributed by atoms with Crippen molar-refractivity contribution in [2.24, 2.45) is 0 Å². The first-order chi connectivity index (χ1) is 15.6. The molecule has 172 valence electrons. The lowest BCUT2D eigenvalue weighted by molar-refractivity contribution is 0.0630. The fraction of sp³-hybridized carbons (Fsp3) is 0.333. The molecule has 4 aromatic heterocycles. The molecule has 1 atom stereocenters. The van der Waals surface area contributed by atoms with Crippen LogP contribution in [-0.2, 0) is 12.1 Å². The van der Waals surface area contributed by atoms with Crippen molar-refractivity contribution in [2.75, 3.05) is 6.54 Å². The van der Waals surface area contributed by atoms with E-state index in [0.717, 1.165) is 19.5 Å². The Morgan fingerprint density at radius 3 is 2.85 bits per heavy atom. The van der Waals surface area contributed by atoms with Crippen LogP contribution in [0, 0.1) is 5.82 Å². The molecule has 0 radical (unpaired) electrons. The van der Waals surface area contributed by atoms with Gasteiger partial charge in [-0.25, -0.2) is 32.0 Å². The zero-order valence-electron chi connectivity index (χ0n) is 17.5. The molecule has 4 aromatic rings. The number of hydrogen-bond donors (Lipinski definition) is 1. The fourth-order valence-corrected chi connectivity index (χ4v) is 3.95. The summed E-state index contributed by atoms with van der Waals surface area (Å²) >= 11 is 0. The summed E-state index contributed by atoms with van der Waals surface area (Å²) in [5.74, 6) is -2.80. The normalized spacial score (nSPS) is 16.6. The number of imidazole rings is 1. The Kier molecular flexibility index (Phi) is 4.76. The van der Waals surface area contributed by atoms with E-state index in [-0.39, 0.29) is 17.8 Å². The Morgan fingerprint density at radius 2 is 2.15 bits per heavy atom. The number of halogens is 4. The third-order valence-corrected chi connectivity index (χ3v) is 5.50. The average Bonchev–Trinajstić information content (AvgIpc) is 3.49. The maximum atomic E-state index is 14.3. The minimum absolute atomic E-state index is 0.104. The summed E-state index contributed by atoms with van der Waals surface area (Å²) in [5.41, 5.74) is -1.46. The van der Waals surface area contributed by atoms with E-state index in [1.807, 2.05) is 0 Å². The van der Waals surface area contributed by atoms with Crippen molar-refractivity contribution < 1.29 is 26.8 Å². The summed E-state index contributed by atoms with van der Waals surface area (Å²) < 4.78 is 62.5. The second-order valence-corrected chi connectivity index (χ2v) is 8.18. The van der Waals surface area contributed by atoms with E-state index < -0.39 is 47.2 Å². The second-order valence-electron chi connectivity index (χ2n) is 8.18. The summed E-state index contributed by atoms with van der Waals surface area (Å²) in [4.78, 5) is 25.5. The molecule has 0 bridgehead atoms. The summed E-state index contributed by atoms with van der Waals surface area (Å²) in [5, 5.41) is 4.38. The van der Waals surface area contributed by atoms with Crippen molar-refractivity contribution in [3.05, 3.63) is 71.0 Å². The standard InChI is InChI=1S/C21H18F4N6O2/c1-21(2,25)20-28-15(18(23)24)17(33-20)19(32)30-7-5-11-14(27-9-26-11)16(30)12-8-13-10(22)4-3-6-31(13)29-12/h3-4,6,8-9,16,18H,5,7H2,1-2H3,(H,26,27)/t16-/m0/s1. The number of H-pyrrole nitrogens is 1. The maximum absolute atomic E-state index is 14.3. The van der Waals surface area contributed by atoms with E-state index in [1.165, 1.54) is 33.9 Å². The lowest BCUT2D eigenvalue weighted by Gasteiger charge is -2.33. The van der Waals surface area contributed by atoms with Crippen LogP contribution in [0.3, 0.4) is 0 Å². The Bertz CT molecular complexity index is 1350. The van der Waals surface area contributed by atoms with Gasteiger partial charge in [0.2, 0.25) is 11.7 Å². The van der Waals surface area contributed by atoms with Crippen molar-refractivity contribution in [1.82, 2.24) is 29.5 Å². The summed E-state index contributed by atoms with van der Waals surface area (Å²) in [7, 11) is 0. The second kappa shape index (κ2) is 7.42. The smallest absolute Gasteiger partial charge is 0.292 e. The Balaban J connectivity index is 1.63. The Morgan fingerprint density at radius 1 is 1.36 bits per heavy atom. The predicted octanol–water partition coefficient (Wildman–Crippen LogP) is 4.11. The van der Waals surface area contributed by atoms with Crippen LogP contribution in [-0.4, -0.2) is 41.9 Å². The SMILES string of the molecule is CC(C)(F)c1nc(C(F)F)c(C(=O)N2CCc3[nH]cnc3[C@@H]2c2cc3c(F)cccn3n2)o1. The van der Waals surface area contributed by atoms with Gasteiger partial charge in [0.25, 0.3) is 12.3 Å². The van der Waals surface area contributed by atoms with Gasteiger partial charge in [0.1, 0.15) is 17.4 Å². The van der Waals surface area contributed by atoms with Crippen LogP contribution in [0.1, 0.15) is 65.5 Å². The van der Waals surface area contributed by atoms with Gasteiger partial charge in [-0.15, -0.1) is 0 Å². The number of amides is 1. The van der Waals surface area contributed by atoms with Crippen LogP contribution >= 0.6 is 0 Å². The van der Waals surface area contributed by atoms with E-state index in [1.54, 1.807) is 6.20 Å². The highest BCUT2D eigenvalue weighted by Gasteiger charge is 2.41. The highest BCUT2D eigenvalue weighted by Crippen LogP contribution is 2.37. The molecule has 0 saturated heterocycles. The molecule has 5 heterocycles. The minimum atomic E-state index is -3.16. The van der Waals surface area contributed by atoms with Gasteiger partial charge in [0.05, 0.1) is 17.7 Å². The van der Waals surface area contributed by atoms with Gasteiger partial charge in [0.15, 0.2) is 11.4 Å². The molecule has 33 heavy (non-hydrogen) atoms. The molecule has 0 spiro atoms. The zero-order chi connectivity index (χ0) is 23.5. The van der Waals surface area contributed by atoms with Gasteiger partial charge in [-0.05, 0) is 32.0 Å². The van der Waals surface area contributed by atoms with Gasteiger partial charge >= 0.3 is 0 Å². The van der Waals surface area contributed by atoms with Gasteiger partial charge < -0.3 is 14.3 Å². The number of fused-ring (bicyclic) bond motifs is 2. The number of rotatable bonds is 4. The number of nitrogens with one attached hydrogen (secondary N) is 1. The molecule has 5 rings (SSSR count). The molecule has 12 heteroatoms. The van der Waals surface area contributed by atoms with E-state index in [9.17, 15) is 22.4 Å². The summed E-state index contributed by atoms with van der Waals surface area (Å²) in [6, 6.07) is 3.30. The van der Waals surface area contributed by atoms with Crippen molar-refractivity contribution in [3.8, 4) is 0 Å². The zero-order valence-corrected chi connectivity index (χ0v) is 17.5. The van der Waals surface area contributed by atoms with Crippen LogP contribution in [0.4, 0.5) is 17.6 Å². The topological polar surface area (TPSA) is 92.3 Å². The van der Waals surface area contributed by atoms with Crippen molar-refractivity contribution in [2.45, 2.75) is 38.4 Å². The minimum Gasteiger partial charge on any atom is -0.431 e. The van der Waals surface area contributed by atoms with E-state index in [4.69, 9.17) is 4.42 Å². The molecular weight excluding hydrogens is 444 g/mol. The first kappa shape index (κ1) is 21.2. The maximum Gasteiger partial charge on any atom is 0.292 e. The van der Waals surface area contributed by atoms with Crippen LogP contribution < -0.4 is 0 Å². The van der Waals surface area contributed by atoms with E-state index in [0.29, 0.717) is 12.1 Å². The van der Waals surface area contributed by atoms with E-state index in [2.05, 4.69) is 20.1 Å². The molecule has 1 aliphatic rings. The lowest BCUT2D eigenvalue weighted by Crippen LogP contribution is -2.41. The third kappa shape index (κ3) is 3.45. The van der Waals surface area contributed by atoms with Gasteiger partial charge in [-0.3, -0.25) is 4.79 Å². The van der Waals surface area contributed by atoms with Crippen molar-refractivity contribution in [1.29, 1.82) is 0 Å². The number of oxazole rings is 1. The molecule has 1 aliphatic heterocycles. The highest BCUT2D eigenvalue weighted by atomic mass is 19.3. The molecule has 0 unspecified atom stereocenters. The predicted molar refractivity (Wildman–Crippen MR) is 106 cm³/mol. The molecule has 0 aliphatic carbocycles. The van der Waals surface area contributed by atoms with Crippen LogP contribution in [0.25, 0.3) is 5.52 Å². The lowest BCUT2D eigenvalue weighted by atomic mass is 9.99. The van der Waals surface area contributed by atoms with Crippen LogP contribution in [0.5, 0.6) is 0 Å². The van der Waals surface area contributed by atoms with Gasteiger partial charge in [-0.1, -0.05) is 0 Å². The van der Waals surface area contributed by atoms with E-state index >= 15 is 0 Å². The largest absolute Gasteiger partial charge is 0.431 e. The summed E-state index contributed by atoms with van der Waals surface area (Å²) in [6.07, 6.45) is 0.199. The average molecular weight is 462 g/mol. The van der Waals surface area contributed by atoms with Crippen LogP contribution in [0.15, 0.2) is 35.1 Å². The van der Waals surface area contributed by atoms with Gasteiger partial charge in [0, 0.05) is 24.9 Å². The first-order valence-corrected chi connectivity index (χ1v) is 10.1. The van der Waals surface area contributed by atoms with Crippen molar-refractivity contribution >= 4 is 11.4 Å². The van der Waals surface area contributed by atoms with Gasteiger partial charge in [-0.2, -0.15) is 5.10 Å². The number of aromatic amines is 1. The number of pyridine rings is 1. The number of carbonyl (C=O) groups is 1. The number of nitrogens with zero attached hydrogens (tertiary/aromatic N) is 5. The Labute approximate surface area is 184 Å². The number of hydrogen-bond acceptors (Lipinski definition) is 5. The molecule has 0 fully saturated rings. The quantitative estimate of drug-likeness (QED) is 0.461.